The molecule has 4 atom stereocenters. The number of aromatic nitrogens is 2. The first-order chi connectivity index (χ1) is 14.7. The van der Waals surface area contributed by atoms with E-state index in [9.17, 15) is 9.59 Å². The Labute approximate surface area is 183 Å². The number of hydrogen-bond acceptors (Lipinski definition) is 9. The molecule has 1 amide bonds. The van der Waals surface area contributed by atoms with Crippen LogP contribution in [0.3, 0.4) is 0 Å². The van der Waals surface area contributed by atoms with Crippen LogP contribution in [0.2, 0.25) is 0 Å². The van der Waals surface area contributed by atoms with Gasteiger partial charge in [0, 0.05) is 26.8 Å². The molecule has 0 N–H and O–H groups in total. The van der Waals surface area contributed by atoms with Crippen molar-refractivity contribution in [2.75, 3.05) is 32.3 Å². The van der Waals surface area contributed by atoms with Crippen LogP contribution in [0.15, 0.2) is 17.1 Å². The highest BCUT2D eigenvalue weighted by Crippen LogP contribution is 2.31. The van der Waals surface area contributed by atoms with Crippen molar-refractivity contribution in [1.29, 1.82) is 5.26 Å². The molecule has 0 radical (unpaired) electrons. The molecule has 1 saturated heterocycles. The van der Waals surface area contributed by atoms with Gasteiger partial charge in [0.05, 0.1) is 31.8 Å². The van der Waals surface area contributed by atoms with Gasteiger partial charge in [-0.15, -0.1) is 0 Å². The second-order valence-corrected chi connectivity index (χ2v) is 8.55. The molecular formula is C19H29N4O7P. The number of amides is 1. The first kappa shape index (κ1) is 25.2. The number of methoxy groups -OCH3 is 1. The molecule has 2 rings (SSSR count). The molecule has 0 aromatic carbocycles. The van der Waals surface area contributed by atoms with Gasteiger partial charge in [-0.2, -0.15) is 10.2 Å². The summed E-state index contributed by atoms with van der Waals surface area (Å²) >= 11 is 0. The average Bonchev–Trinajstić information content (AvgIpc) is 3.11. The Balaban J connectivity index is 1.99. The molecule has 1 aromatic heterocycles. The van der Waals surface area contributed by atoms with Gasteiger partial charge in [-0.3, -0.25) is 9.47 Å². The van der Waals surface area contributed by atoms with Gasteiger partial charge in [0.1, 0.15) is 23.8 Å². The van der Waals surface area contributed by atoms with Crippen molar-refractivity contribution in [2.24, 2.45) is 0 Å². The lowest BCUT2D eigenvalue weighted by Crippen LogP contribution is -2.36. The molecule has 1 aliphatic rings. The number of ether oxygens (including phenoxy) is 3. The van der Waals surface area contributed by atoms with E-state index in [1.165, 1.54) is 22.7 Å². The van der Waals surface area contributed by atoms with Crippen LogP contribution in [0.5, 0.6) is 0 Å². The van der Waals surface area contributed by atoms with Crippen LogP contribution in [0.25, 0.3) is 0 Å². The summed E-state index contributed by atoms with van der Waals surface area (Å²) in [6.07, 6.45) is 0.410. The molecule has 1 aromatic rings. The van der Waals surface area contributed by atoms with Crippen LogP contribution in [-0.4, -0.2) is 60.8 Å². The summed E-state index contributed by atoms with van der Waals surface area (Å²) in [5.74, 6) is 0.174. The molecule has 31 heavy (non-hydrogen) atoms. The number of carbonyl (C=O) groups is 1. The molecule has 2 heterocycles. The molecule has 172 valence electrons. The zero-order valence-electron chi connectivity index (χ0n) is 18.4. The first-order valence-electron chi connectivity index (χ1n) is 9.76. The van der Waals surface area contributed by atoms with E-state index in [4.69, 9.17) is 28.5 Å². The van der Waals surface area contributed by atoms with Crippen molar-refractivity contribution < 1.29 is 28.1 Å². The van der Waals surface area contributed by atoms with Gasteiger partial charge in [-0.25, -0.2) is 9.59 Å². The number of rotatable bonds is 9. The van der Waals surface area contributed by atoms with Gasteiger partial charge in [0.15, 0.2) is 9.03 Å². The third-order valence-electron chi connectivity index (χ3n) is 4.30. The summed E-state index contributed by atoms with van der Waals surface area (Å²) in [4.78, 5) is 29.9. The Hall–Kier alpha value is -2.09. The maximum absolute atomic E-state index is 12.6. The monoisotopic (exact) mass is 456 g/mol. The Morgan fingerprint density at radius 3 is 2.81 bits per heavy atom. The smallest absolute Gasteiger partial charge is 0.415 e. The van der Waals surface area contributed by atoms with Crippen LogP contribution in [0.1, 0.15) is 39.8 Å². The molecular weight excluding hydrogens is 427 g/mol. The van der Waals surface area contributed by atoms with Crippen molar-refractivity contribution in [3.63, 3.8) is 0 Å². The molecule has 0 aliphatic carbocycles. The van der Waals surface area contributed by atoms with Crippen LogP contribution in [0.4, 0.5) is 10.6 Å². The van der Waals surface area contributed by atoms with Gasteiger partial charge in [0.25, 0.3) is 0 Å². The van der Waals surface area contributed by atoms with E-state index in [2.05, 4.69) is 4.98 Å². The van der Waals surface area contributed by atoms with Crippen molar-refractivity contribution in [2.45, 2.75) is 57.6 Å². The first-order valence-corrected chi connectivity index (χ1v) is 10.6. The Morgan fingerprint density at radius 1 is 1.45 bits per heavy atom. The quantitative estimate of drug-likeness (QED) is 0.407. The second kappa shape index (κ2) is 11.5. The predicted molar refractivity (Wildman–Crippen MR) is 113 cm³/mol. The standard InChI is InChI=1S/C19H29N4O7P/c1-19(2,3)30-18(25)22(4)15-7-9-23(17(24)21-15)16-11-13(26-5)14(29-16)12-28-31-27-10-6-8-20/h7,9,13-14,16,31H,6,10-12H2,1-5H3/t13-,14+,16+/m0/s1. The molecule has 1 fully saturated rings. The topological polar surface area (TPSA) is 125 Å². The van der Waals surface area contributed by atoms with Crippen LogP contribution in [0, 0.1) is 11.3 Å². The maximum atomic E-state index is 12.6. The summed E-state index contributed by atoms with van der Waals surface area (Å²) in [5, 5.41) is 8.48. The van der Waals surface area contributed by atoms with E-state index in [0.717, 1.165) is 0 Å². The summed E-state index contributed by atoms with van der Waals surface area (Å²) in [5.41, 5.74) is -1.22. The van der Waals surface area contributed by atoms with E-state index >= 15 is 0 Å². The fraction of sp³-hybridized carbons (Fsp3) is 0.684. The minimum atomic E-state index is -0.661. The van der Waals surface area contributed by atoms with Gasteiger partial charge in [-0.05, 0) is 26.8 Å². The molecule has 0 saturated carbocycles. The predicted octanol–water partition coefficient (Wildman–Crippen LogP) is 2.37. The zero-order chi connectivity index (χ0) is 23.0. The lowest BCUT2D eigenvalue weighted by atomic mass is 10.2. The highest BCUT2D eigenvalue weighted by atomic mass is 31.1. The summed E-state index contributed by atoms with van der Waals surface area (Å²) in [6.45, 7) is 5.80. The normalized spacial score (nSPS) is 21.4. The lowest BCUT2D eigenvalue weighted by Gasteiger charge is -2.24. The molecule has 1 unspecified atom stereocenters. The fourth-order valence-electron chi connectivity index (χ4n) is 2.80. The molecule has 1 aliphatic heterocycles. The number of anilines is 1. The third-order valence-corrected chi connectivity index (χ3v) is 4.91. The van der Waals surface area contributed by atoms with Gasteiger partial charge in [0.2, 0.25) is 0 Å². The minimum absolute atomic E-state index is 0.174. The number of carbonyl (C=O) groups excluding carboxylic acids is 1. The van der Waals surface area contributed by atoms with E-state index in [-0.39, 0.29) is 27.6 Å². The number of nitrogens with zero attached hydrogens (tertiary/aromatic N) is 4. The highest BCUT2D eigenvalue weighted by molar-refractivity contribution is 7.26. The van der Waals surface area contributed by atoms with E-state index in [1.54, 1.807) is 33.9 Å². The van der Waals surface area contributed by atoms with Crippen LogP contribution in [-0.2, 0) is 23.3 Å². The van der Waals surface area contributed by atoms with E-state index in [0.29, 0.717) is 19.4 Å². The van der Waals surface area contributed by atoms with Crippen LogP contribution >= 0.6 is 9.03 Å². The van der Waals surface area contributed by atoms with E-state index < -0.39 is 29.7 Å². The van der Waals surface area contributed by atoms with E-state index in [1.807, 2.05) is 6.07 Å². The molecule has 12 heteroatoms. The van der Waals surface area contributed by atoms with Crippen molar-refractivity contribution >= 4 is 20.9 Å². The van der Waals surface area contributed by atoms with Gasteiger partial charge in [-0.1, -0.05) is 0 Å². The van der Waals surface area contributed by atoms with Crippen molar-refractivity contribution in [3.05, 3.63) is 22.7 Å². The molecule has 0 bridgehead atoms. The average molecular weight is 456 g/mol. The molecule has 0 spiro atoms. The minimum Gasteiger partial charge on any atom is -0.443 e. The van der Waals surface area contributed by atoms with Gasteiger partial charge >= 0.3 is 11.8 Å². The largest absolute Gasteiger partial charge is 0.443 e. The Kier molecular flexibility index (Phi) is 9.34. The molecule has 11 nitrogen and oxygen atoms in total. The number of nitriles is 1. The summed E-state index contributed by atoms with van der Waals surface area (Å²) in [6, 6.07) is 3.53. The third kappa shape index (κ3) is 7.52. The fourth-order valence-corrected chi connectivity index (χ4v) is 3.30. The summed E-state index contributed by atoms with van der Waals surface area (Å²) in [7, 11) is 2.84. The zero-order valence-corrected chi connectivity index (χ0v) is 19.4. The number of hydrogen-bond donors (Lipinski definition) is 0. The van der Waals surface area contributed by atoms with Crippen molar-refractivity contribution in [1.82, 2.24) is 9.55 Å². The Bertz CT molecular complexity index is 836. The van der Waals surface area contributed by atoms with Gasteiger partial charge < -0.3 is 23.3 Å². The maximum Gasteiger partial charge on any atom is 0.415 e. The Morgan fingerprint density at radius 2 is 2.19 bits per heavy atom. The highest BCUT2D eigenvalue weighted by Gasteiger charge is 2.37. The second-order valence-electron chi connectivity index (χ2n) is 7.80. The SMILES string of the molecule is CO[C@H]1C[C@H](n2ccc(N(C)C(=O)OC(C)(C)C)nc2=O)O[C@@H]1COPOCCC#N. The van der Waals surface area contributed by atoms with Crippen LogP contribution < -0.4 is 10.6 Å². The summed E-state index contributed by atoms with van der Waals surface area (Å²) < 4.78 is 28.7. The van der Waals surface area contributed by atoms with Crippen molar-refractivity contribution in [3.8, 4) is 6.07 Å². The lowest BCUT2D eigenvalue weighted by molar-refractivity contribution is -0.0480.